The van der Waals surface area contributed by atoms with Gasteiger partial charge in [0.1, 0.15) is 0 Å². The number of methoxy groups -OCH3 is 1. The highest BCUT2D eigenvalue weighted by atomic mass is 19.4. The number of aryl methyl sites for hydroxylation is 1. The summed E-state index contributed by atoms with van der Waals surface area (Å²) < 4.78 is 43.9. The minimum atomic E-state index is -4.34. The first-order chi connectivity index (χ1) is 13.8. The van der Waals surface area contributed by atoms with Crippen molar-refractivity contribution in [1.82, 2.24) is 15.4 Å². The van der Waals surface area contributed by atoms with Crippen LogP contribution in [0.25, 0.3) is 5.57 Å². The van der Waals surface area contributed by atoms with Gasteiger partial charge in [-0.15, -0.1) is 0 Å². The average molecular weight is 402 g/mol. The van der Waals surface area contributed by atoms with Crippen LogP contribution in [0.5, 0.6) is 5.88 Å². The van der Waals surface area contributed by atoms with E-state index < -0.39 is 11.7 Å². The van der Waals surface area contributed by atoms with Gasteiger partial charge in [0.05, 0.1) is 24.4 Å². The van der Waals surface area contributed by atoms with Gasteiger partial charge in [0.15, 0.2) is 0 Å². The van der Waals surface area contributed by atoms with Crippen LogP contribution in [0.1, 0.15) is 23.7 Å². The van der Waals surface area contributed by atoms with Crippen molar-refractivity contribution in [3.05, 3.63) is 71.3 Å². The number of hydrogen-bond acceptors (Lipinski definition) is 5. The molecular weight excluding hydrogens is 381 g/mol. The summed E-state index contributed by atoms with van der Waals surface area (Å²) in [6.07, 6.45) is -0.462. The lowest BCUT2D eigenvalue weighted by atomic mass is 10.0. The van der Waals surface area contributed by atoms with Crippen molar-refractivity contribution < 1.29 is 17.9 Å². The molecule has 1 aromatic carbocycles. The van der Waals surface area contributed by atoms with Crippen LogP contribution in [0.4, 0.5) is 18.9 Å². The molecule has 8 heteroatoms. The lowest BCUT2D eigenvalue weighted by molar-refractivity contribution is -0.137. The molecule has 0 saturated carbocycles. The van der Waals surface area contributed by atoms with Gasteiger partial charge in [-0.05, 0) is 49.7 Å². The molecule has 152 valence electrons. The molecule has 3 heterocycles. The first-order valence-corrected chi connectivity index (χ1v) is 9.21. The molecule has 2 aliphatic heterocycles. The maximum Gasteiger partial charge on any atom is 0.416 e. The second kappa shape index (κ2) is 7.02. The third-order valence-electron chi connectivity index (χ3n) is 5.04. The van der Waals surface area contributed by atoms with Crippen LogP contribution in [-0.2, 0) is 6.18 Å². The van der Waals surface area contributed by atoms with E-state index in [0.717, 1.165) is 34.7 Å². The fourth-order valence-electron chi connectivity index (χ4n) is 3.62. The van der Waals surface area contributed by atoms with Gasteiger partial charge in [-0.25, -0.2) is 4.98 Å². The number of nitrogens with zero attached hydrogens (tertiary/aromatic N) is 3. The molecule has 4 rings (SSSR count). The zero-order valence-electron chi connectivity index (χ0n) is 16.3. The highest BCUT2D eigenvalue weighted by Crippen LogP contribution is 2.36. The summed E-state index contributed by atoms with van der Waals surface area (Å²) >= 11 is 0. The van der Waals surface area contributed by atoms with E-state index in [1.165, 1.54) is 12.1 Å². The van der Waals surface area contributed by atoms with Gasteiger partial charge in [0, 0.05) is 42.0 Å². The Balaban J connectivity index is 1.68. The number of rotatable bonds is 3. The smallest absolute Gasteiger partial charge is 0.416 e. The van der Waals surface area contributed by atoms with Gasteiger partial charge in [-0.3, -0.25) is 5.01 Å². The maximum atomic E-state index is 12.9. The number of alkyl halides is 3. The number of benzene rings is 1. The van der Waals surface area contributed by atoms with Gasteiger partial charge in [-0.1, -0.05) is 0 Å². The maximum absolute atomic E-state index is 12.9. The number of hydrazine groups is 1. The molecule has 1 aromatic heterocycles. The minimum absolute atomic E-state index is 0.107. The van der Waals surface area contributed by atoms with Gasteiger partial charge < -0.3 is 15.1 Å². The SMILES string of the molecule is COc1cc(C2=CNN3C2=CN(c2ccc(C(F)(F)F)cc2)C[C@@H]3C)cc(C)n1. The van der Waals surface area contributed by atoms with E-state index in [4.69, 9.17) is 4.74 Å². The number of allylic oxidation sites excluding steroid dienone is 1. The van der Waals surface area contributed by atoms with Crippen molar-refractivity contribution >= 4 is 11.3 Å². The van der Waals surface area contributed by atoms with Crippen LogP contribution in [0.2, 0.25) is 0 Å². The molecule has 0 spiro atoms. The quantitative estimate of drug-likeness (QED) is 0.828. The Kier molecular flexibility index (Phi) is 4.64. The van der Waals surface area contributed by atoms with Crippen LogP contribution < -0.4 is 15.1 Å². The normalized spacial score (nSPS) is 18.8. The van der Waals surface area contributed by atoms with E-state index >= 15 is 0 Å². The topological polar surface area (TPSA) is 40.6 Å². The number of pyridine rings is 1. The molecular formula is C21H21F3N4O. The van der Waals surface area contributed by atoms with Crippen molar-refractivity contribution in [3.8, 4) is 5.88 Å². The molecule has 0 unspecified atom stereocenters. The first-order valence-electron chi connectivity index (χ1n) is 9.21. The van der Waals surface area contributed by atoms with Crippen molar-refractivity contribution in [2.75, 3.05) is 18.6 Å². The lowest BCUT2D eigenvalue weighted by Gasteiger charge is -2.38. The van der Waals surface area contributed by atoms with E-state index in [-0.39, 0.29) is 6.04 Å². The van der Waals surface area contributed by atoms with Crippen LogP contribution in [0.3, 0.4) is 0 Å². The van der Waals surface area contributed by atoms with Gasteiger partial charge in [0.2, 0.25) is 5.88 Å². The Morgan fingerprint density at radius 2 is 1.90 bits per heavy atom. The zero-order valence-corrected chi connectivity index (χ0v) is 16.3. The first kappa shape index (κ1) is 19.2. The van der Waals surface area contributed by atoms with Gasteiger partial charge >= 0.3 is 6.18 Å². The Morgan fingerprint density at radius 3 is 2.55 bits per heavy atom. The number of anilines is 1. The number of ether oxygens (including phenoxy) is 1. The number of aromatic nitrogens is 1. The average Bonchev–Trinajstić information content (AvgIpc) is 3.11. The molecule has 1 N–H and O–H groups in total. The molecule has 0 bridgehead atoms. The molecule has 2 aromatic rings. The predicted octanol–water partition coefficient (Wildman–Crippen LogP) is 4.33. The standard InChI is InChI=1S/C21H21F3N4O/c1-13-8-15(9-20(26-13)29-3)18-10-25-28-14(2)11-27(12-19(18)28)17-6-4-16(5-7-17)21(22,23)24/h4-10,12,14,25H,11H2,1-3H3/t14-/m0/s1. The van der Waals surface area contributed by atoms with Gasteiger partial charge in [0.25, 0.3) is 0 Å². The molecule has 0 fully saturated rings. The molecule has 29 heavy (non-hydrogen) atoms. The second-order valence-electron chi connectivity index (χ2n) is 7.16. The summed E-state index contributed by atoms with van der Waals surface area (Å²) in [6.45, 7) is 4.60. The second-order valence-corrected chi connectivity index (χ2v) is 7.16. The van der Waals surface area contributed by atoms with Crippen molar-refractivity contribution in [1.29, 1.82) is 0 Å². The number of nitrogens with one attached hydrogen (secondary N) is 1. The summed E-state index contributed by atoms with van der Waals surface area (Å²) in [5.74, 6) is 0.531. The van der Waals surface area contributed by atoms with E-state index in [1.54, 1.807) is 7.11 Å². The third-order valence-corrected chi connectivity index (χ3v) is 5.04. The largest absolute Gasteiger partial charge is 0.481 e. The Morgan fingerprint density at radius 1 is 1.17 bits per heavy atom. The molecule has 1 atom stereocenters. The number of halogens is 3. The Labute approximate surface area is 167 Å². The van der Waals surface area contributed by atoms with Crippen LogP contribution in [-0.4, -0.2) is 29.7 Å². The van der Waals surface area contributed by atoms with Gasteiger partial charge in [-0.2, -0.15) is 13.2 Å². The zero-order chi connectivity index (χ0) is 20.8. The van der Waals surface area contributed by atoms with Crippen LogP contribution in [0.15, 0.2) is 54.5 Å². The predicted molar refractivity (Wildman–Crippen MR) is 105 cm³/mol. The van der Waals surface area contributed by atoms with Crippen LogP contribution in [0, 0.1) is 6.92 Å². The highest BCUT2D eigenvalue weighted by molar-refractivity contribution is 5.81. The summed E-state index contributed by atoms with van der Waals surface area (Å²) in [6, 6.07) is 9.20. The third kappa shape index (κ3) is 3.62. The van der Waals surface area contributed by atoms with E-state index in [1.807, 2.05) is 36.4 Å². The Bertz CT molecular complexity index is 982. The molecule has 0 amide bonds. The van der Waals surface area contributed by atoms with Crippen molar-refractivity contribution in [2.45, 2.75) is 26.1 Å². The monoisotopic (exact) mass is 402 g/mol. The fourth-order valence-corrected chi connectivity index (χ4v) is 3.62. The summed E-state index contributed by atoms with van der Waals surface area (Å²) in [4.78, 5) is 6.30. The molecule has 0 aliphatic carbocycles. The molecule has 0 saturated heterocycles. The van der Waals surface area contributed by atoms with E-state index in [2.05, 4.69) is 22.3 Å². The molecule has 0 radical (unpaired) electrons. The van der Waals surface area contributed by atoms with Crippen molar-refractivity contribution in [3.63, 3.8) is 0 Å². The molecule has 2 aliphatic rings. The molecule has 5 nitrogen and oxygen atoms in total. The van der Waals surface area contributed by atoms with Crippen LogP contribution >= 0.6 is 0 Å². The van der Waals surface area contributed by atoms with E-state index in [9.17, 15) is 13.2 Å². The number of fused-ring (bicyclic) bond motifs is 1. The Hall–Kier alpha value is -3.16. The summed E-state index contributed by atoms with van der Waals surface area (Å²) in [5, 5.41) is 2.05. The lowest BCUT2D eigenvalue weighted by Crippen LogP contribution is -2.47. The number of hydrogen-bond donors (Lipinski definition) is 1. The summed E-state index contributed by atoms with van der Waals surface area (Å²) in [7, 11) is 1.58. The fraction of sp³-hybridized carbons (Fsp3) is 0.286. The van der Waals surface area contributed by atoms with Crippen molar-refractivity contribution in [2.24, 2.45) is 0 Å². The highest BCUT2D eigenvalue weighted by Gasteiger charge is 2.33. The minimum Gasteiger partial charge on any atom is -0.481 e. The van der Waals surface area contributed by atoms with E-state index in [0.29, 0.717) is 18.1 Å². The summed E-state index contributed by atoms with van der Waals surface area (Å²) in [5.41, 5.74) is 7.05.